The van der Waals surface area contributed by atoms with Gasteiger partial charge in [0.2, 0.25) is 0 Å². The monoisotopic (exact) mass is 551 g/mol. The minimum atomic E-state index is 0.518. The van der Waals surface area contributed by atoms with E-state index < -0.39 is 0 Å². The highest BCUT2D eigenvalue weighted by Crippen LogP contribution is 2.33. The molecule has 0 aliphatic heterocycles. The fourth-order valence-electron chi connectivity index (χ4n) is 5.69. The summed E-state index contributed by atoms with van der Waals surface area (Å²) in [6, 6.07) is 51.8. The Morgan fingerprint density at radius 2 is 0.791 bits per heavy atom. The van der Waals surface area contributed by atoms with Crippen LogP contribution in [0.3, 0.4) is 0 Å². The quantitative estimate of drug-likeness (QED) is 0.214. The van der Waals surface area contributed by atoms with Crippen molar-refractivity contribution in [1.29, 1.82) is 0 Å². The van der Waals surface area contributed by atoms with Crippen LogP contribution >= 0.6 is 0 Å². The molecule has 6 aromatic carbocycles. The van der Waals surface area contributed by atoms with Crippen molar-refractivity contribution in [3.8, 4) is 51.0 Å². The molecule has 2 heterocycles. The third kappa shape index (κ3) is 4.55. The number of aromatic nitrogens is 4. The zero-order valence-electron chi connectivity index (χ0n) is 24.2. The number of hydrogen-bond acceptors (Lipinski definition) is 3. The lowest BCUT2D eigenvalue weighted by molar-refractivity contribution is 1.07. The van der Waals surface area contributed by atoms with E-state index in [0.717, 1.165) is 55.3 Å². The molecule has 0 fully saturated rings. The van der Waals surface area contributed by atoms with Gasteiger partial charge in [-0.25, -0.2) is 15.0 Å². The summed E-state index contributed by atoms with van der Waals surface area (Å²) in [4.78, 5) is 14.5. The van der Waals surface area contributed by atoms with Crippen LogP contribution in [-0.2, 0) is 0 Å². The van der Waals surface area contributed by atoms with Crippen molar-refractivity contribution in [3.63, 3.8) is 0 Å². The van der Waals surface area contributed by atoms with E-state index in [0.29, 0.717) is 23.5 Å². The summed E-state index contributed by atoms with van der Waals surface area (Å²) < 4.78 is 10.4. The summed E-state index contributed by atoms with van der Waals surface area (Å²) >= 11 is 0. The Morgan fingerprint density at radius 3 is 1.37 bits per heavy atom. The molecule has 0 bridgehead atoms. The van der Waals surface area contributed by atoms with E-state index in [-0.39, 0.29) is 0 Å². The summed E-state index contributed by atoms with van der Waals surface area (Å²) in [7, 11) is 0. The van der Waals surface area contributed by atoms with Crippen LogP contribution in [0.15, 0.2) is 158 Å². The molecule has 0 saturated carbocycles. The maximum atomic E-state index is 8.14. The standard InChI is InChI=1S/C39H26N4/c1-3-11-29(12-4-1)37-40-38(30-13-5-2-6-14-30)42-39(41-37)31-21-19-27(20-22-31)28-23-25-32(26-24-28)43-35-17-9-7-15-33(35)34-16-8-10-18-36(34)43/h1-26H/i7D. The van der Waals surface area contributed by atoms with Crippen LogP contribution in [0.2, 0.25) is 0 Å². The number of benzene rings is 6. The highest BCUT2D eigenvalue weighted by molar-refractivity contribution is 6.09. The van der Waals surface area contributed by atoms with E-state index >= 15 is 0 Å². The smallest absolute Gasteiger partial charge is 0.164 e. The zero-order valence-corrected chi connectivity index (χ0v) is 23.2. The largest absolute Gasteiger partial charge is 0.309 e. The van der Waals surface area contributed by atoms with Crippen LogP contribution < -0.4 is 0 Å². The second-order valence-corrected chi connectivity index (χ2v) is 10.5. The van der Waals surface area contributed by atoms with Crippen LogP contribution in [-0.4, -0.2) is 19.5 Å². The van der Waals surface area contributed by atoms with Gasteiger partial charge in [0, 0.05) is 33.2 Å². The first-order chi connectivity index (χ1) is 21.7. The Hall–Kier alpha value is -5.87. The molecule has 8 rings (SSSR count). The van der Waals surface area contributed by atoms with Crippen LogP contribution in [0.5, 0.6) is 0 Å². The number of rotatable bonds is 5. The van der Waals surface area contributed by atoms with Crippen molar-refractivity contribution in [2.24, 2.45) is 0 Å². The average molecular weight is 552 g/mol. The number of para-hydroxylation sites is 2. The van der Waals surface area contributed by atoms with Crippen molar-refractivity contribution in [3.05, 3.63) is 158 Å². The Morgan fingerprint density at radius 1 is 0.372 bits per heavy atom. The van der Waals surface area contributed by atoms with Gasteiger partial charge in [-0.2, -0.15) is 0 Å². The van der Waals surface area contributed by atoms with Crippen molar-refractivity contribution >= 4 is 21.8 Å². The number of fused-ring (bicyclic) bond motifs is 3. The molecule has 0 radical (unpaired) electrons. The van der Waals surface area contributed by atoms with Gasteiger partial charge in [-0.05, 0) is 35.4 Å². The summed E-state index contributed by atoms with van der Waals surface area (Å²) in [6.45, 7) is 0. The lowest BCUT2D eigenvalue weighted by Gasteiger charge is -2.10. The molecule has 0 amide bonds. The van der Waals surface area contributed by atoms with Gasteiger partial charge in [-0.3, -0.25) is 0 Å². The fourth-order valence-corrected chi connectivity index (χ4v) is 5.69. The molecule has 0 unspecified atom stereocenters. The molecule has 8 aromatic rings. The third-order valence-electron chi connectivity index (χ3n) is 7.82. The minimum absolute atomic E-state index is 0.518. The zero-order chi connectivity index (χ0) is 29.5. The summed E-state index contributed by atoms with van der Waals surface area (Å²) in [5.74, 6) is 1.94. The summed E-state index contributed by atoms with van der Waals surface area (Å²) in [5.41, 5.74) is 8.39. The van der Waals surface area contributed by atoms with Crippen molar-refractivity contribution < 1.29 is 1.37 Å². The van der Waals surface area contributed by atoms with Crippen LogP contribution in [0.1, 0.15) is 1.37 Å². The van der Waals surface area contributed by atoms with E-state index in [1.54, 1.807) is 0 Å². The first-order valence-corrected chi connectivity index (χ1v) is 14.3. The maximum absolute atomic E-state index is 8.14. The van der Waals surface area contributed by atoms with E-state index in [4.69, 9.17) is 16.3 Å². The van der Waals surface area contributed by atoms with Crippen molar-refractivity contribution in [2.75, 3.05) is 0 Å². The molecule has 0 spiro atoms. The minimum Gasteiger partial charge on any atom is -0.309 e. The molecule has 0 N–H and O–H groups in total. The number of hydrogen-bond donors (Lipinski definition) is 0. The van der Waals surface area contributed by atoms with Crippen molar-refractivity contribution in [1.82, 2.24) is 19.5 Å². The van der Waals surface area contributed by atoms with Crippen molar-refractivity contribution in [2.45, 2.75) is 0 Å². The van der Waals surface area contributed by atoms with E-state index in [2.05, 4.69) is 77.4 Å². The SMILES string of the molecule is [2H]c1ccc2c(c1)c1ccccc1n2-c1ccc(-c2ccc(-c3nc(-c4ccccc4)nc(-c4ccccc4)n3)cc2)cc1. The molecule has 0 aliphatic carbocycles. The van der Waals surface area contributed by atoms with Crippen LogP contribution in [0.4, 0.5) is 0 Å². The fraction of sp³-hybridized carbons (Fsp3) is 0. The molecule has 2 aromatic heterocycles. The van der Waals surface area contributed by atoms with Crippen LogP contribution in [0.25, 0.3) is 72.8 Å². The second-order valence-electron chi connectivity index (χ2n) is 10.5. The van der Waals surface area contributed by atoms with Gasteiger partial charge >= 0.3 is 0 Å². The lowest BCUT2D eigenvalue weighted by Crippen LogP contribution is -2.00. The molecule has 43 heavy (non-hydrogen) atoms. The van der Waals surface area contributed by atoms with E-state index in [1.165, 1.54) is 0 Å². The van der Waals surface area contributed by atoms with Crippen LogP contribution in [0, 0.1) is 0 Å². The molecule has 4 nitrogen and oxygen atoms in total. The van der Waals surface area contributed by atoms with Gasteiger partial charge in [0.05, 0.1) is 12.4 Å². The molecule has 0 saturated heterocycles. The molecular weight excluding hydrogens is 524 g/mol. The predicted molar refractivity (Wildman–Crippen MR) is 176 cm³/mol. The van der Waals surface area contributed by atoms with Gasteiger partial charge in [-0.15, -0.1) is 0 Å². The Balaban J connectivity index is 1.15. The molecule has 202 valence electrons. The third-order valence-corrected chi connectivity index (χ3v) is 7.82. The van der Waals surface area contributed by atoms with Gasteiger partial charge < -0.3 is 4.57 Å². The normalized spacial score (nSPS) is 11.6. The predicted octanol–water partition coefficient (Wildman–Crippen LogP) is 9.64. The van der Waals surface area contributed by atoms with Gasteiger partial charge in [0.1, 0.15) is 0 Å². The van der Waals surface area contributed by atoms with E-state index in [9.17, 15) is 0 Å². The number of nitrogens with zero attached hydrogens (tertiary/aromatic N) is 4. The second kappa shape index (κ2) is 10.5. The summed E-state index contributed by atoms with van der Waals surface area (Å²) in [5, 5.41) is 2.25. The van der Waals surface area contributed by atoms with Gasteiger partial charge in [0.25, 0.3) is 0 Å². The molecule has 0 aliphatic rings. The molecular formula is C39H26N4. The molecule has 0 atom stereocenters. The Bertz CT molecular complexity index is 2200. The van der Waals surface area contributed by atoms with Gasteiger partial charge in [-0.1, -0.05) is 133 Å². The Kier molecular flexibility index (Phi) is 5.82. The first kappa shape index (κ1) is 23.8. The maximum Gasteiger partial charge on any atom is 0.164 e. The molecule has 4 heteroatoms. The highest BCUT2D eigenvalue weighted by Gasteiger charge is 2.13. The summed E-state index contributed by atoms with van der Waals surface area (Å²) in [6.07, 6.45) is 0. The highest BCUT2D eigenvalue weighted by atomic mass is 15.0. The van der Waals surface area contributed by atoms with E-state index in [1.807, 2.05) is 78.9 Å². The average Bonchev–Trinajstić information content (AvgIpc) is 3.42. The lowest BCUT2D eigenvalue weighted by atomic mass is 10.0. The van der Waals surface area contributed by atoms with Gasteiger partial charge in [0.15, 0.2) is 17.5 Å². The Labute approximate surface area is 251 Å². The first-order valence-electron chi connectivity index (χ1n) is 14.8. The topological polar surface area (TPSA) is 43.6 Å².